The van der Waals surface area contributed by atoms with E-state index >= 15 is 0 Å². The molecule has 1 aliphatic carbocycles. The van der Waals surface area contributed by atoms with Gasteiger partial charge in [0.1, 0.15) is 0 Å². The average Bonchev–Trinajstić information content (AvgIpc) is 3.64. The number of benzene rings is 7. The van der Waals surface area contributed by atoms with Crippen LogP contribution < -0.4 is 0 Å². The molecule has 2 heterocycles. The molecule has 0 aliphatic heterocycles. The molecule has 2 heteroatoms. The molecule has 0 bridgehead atoms. The number of aromatic nitrogens is 2. The second kappa shape index (κ2) is 9.82. The van der Waals surface area contributed by atoms with E-state index in [-0.39, 0.29) is 0 Å². The Kier molecular flexibility index (Phi) is 5.44. The van der Waals surface area contributed by atoms with E-state index in [1.54, 1.807) is 0 Å². The lowest BCUT2D eigenvalue weighted by atomic mass is 9.94. The molecule has 7 aromatic carbocycles. The van der Waals surface area contributed by atoms with Crippen molar-refractivity contribution in [1.82, 2.24) is 9.13 Å². The summed E-state index contributed by atoms with van der Waals surface area (Å²) < 4.78 is 5.06. The third-order valence-electron chi connectivity index (χ3n) is 9.96. The first-order valence-corrected chi connectivity index (χ1v) is 16.2. The number of hydrogen-bond donors (Lipinski definition) is 0. The zero-order valence-electron chi connectivity index (χ0n) is 25.3. The molecular weight excluding hydrogens is 556 g/mol. The second-order valence-corrected chi connectivity index (χ2v) is 12.4. The van der Waals surface area contributed by atoms with Crippen LogP contribution in [0.3, 0.4) is 0 Å². The van der Waals surface area contributed by atoms with E-state index in [1.165, 1.54) is 88.0 Å². The van der Waals surface area contributed by atoms with Crippen molar-refractivity contribution >= 4 is 60.3 Å². The van der Waals surface area contributed by atoms with Gasteiger partial charge in [0.15, 0.2) is 0 Å². The van der Waals surface area contributed by atoms with Crippen LogP contribution in [0, 0.1) is 0 Å². The van der Waals surface area contributed by atoms with Gasteiger partial charge in [0, 0.05) is 43.4 Å². The first-order chi connectivity index (χ1) is 22.9. The number of aryl methyl sites for hydroxylation is 1. The van der Waals surface area contributed by atoms with Crippen molar-refractivity contribution in [1.29, 1.82) is 0 Å². The minimum Gasteiger partial charge on any atom is -0.308 e. The van der Waals surface area contributed by atoms with Crippen LogP contribution in [0.4, 0.5) is 0 Å². The third-order valence-corrected chi connectivity index (χ3v) is 9.96. The standard InChI is InChI=1S/C44H30N2/c1-2-14-29(15-3-1)30-26-27-37-38(28-30)44(46-41-24-12-8-18-33(41)34-19-9-13-25-42(34)46)36-21-5-4-20-35(36)43(37)45-39-22-10-6-16-31(39)32-17-7-11-23-40(32)45/h1-8,10-18,20-28H,9,19H2. The second-order valence-electron chi connectivity index (χ2n) is 12.4. The molecule has 0 radical (unpaired) electrons. The molecule has 0 spiro atoms. The van der Waals surface area contributed by atoms with Crippen molar-refractivity contribution in [2.45, 2.75) is 12.8 Å². The Balaban J connectivity index is 1.44. The number of nitrogens with zero attached hydrogens (tertiary/aromatic N) is 2. The molecule has 216 valence electrons. The van der Waals surface area contributed by atoms with Gasteiger partial charge in [0.25, 0.3) is 0 Å². The van der Waals surface area contributed by atoms with Crippen LogP contribution in [0.15, 0.2) is 152 Å². The van der Waals surface area contributed by atoms with Crippen molar-refractivity contribution in [2.75, 3.05) is 0 Å². The zero-order chi connectivity index (χ0) is 30.2. The van der Waals surface area contributed by atoms with Crippen LogP contribution in [0.25, 0.3) is 82.8 Å². The highest BCUT2D eigenvalue weighted by Gasteiger charge is 2.25. The number of allylic oxidation sites excluding steroid dienone is 1. The minimum atomic E-state index is 1.06. The van der Waals surface area contributed by atoms with Crippen LogP contribution in [0.2, 0.25) is 0 Å². The Labute approximate surface area is 267 Å². The fourth-order valence-electron chi connectivity index (χ4n) is 8.02. The lowest BCUT2D eigenvalue weighted by molar-refractivity contribution is 0.971. The Morgan fingerprint density at radius 3 is 1.59 bits per heavy atom. The van der Waals surface area contributed by atoms with E-state index in [1.807, 2.05) is 0 Å². The fourth-order valence-corrected chi connectivity index (χ4v) is 8.02. The lowest BCUT2D eigenvalue weighted by Gasteiger charge is -2.22. The van der Waals surface area contributed by atoms with Crippen LogP contribution in [-0.2, 0) is 6.42 Å². The maximum absolute atomic E-state index is 2.55. The summed E-state index contributed by atoms with van der Waals surface area (Å²) in [5, 5.41) is 8.89. The van der Waals surface area contributed by atoms with E-state index in [0.717, 1.165) is 12.8 Å². The highest BCUT2D eigenvalue weighted by atomic mass is 15.0. The van der Waals surface area contributed by atoms with E-state index in [9.17, 15) is 0 Å². The Bertz CT molecular complexity index is 2630. The summed E-state index contributed by atoms with van der Waals surface area (Å²) in [6.07, 6.45) is 6.82. The number of hydrogen-bond acceptors (Lipinski definition) is 0. The fraction of sp³-hybridized carbons (Fsp3) is 0.0455. The SMILES string of the molecule is C1=Cc2c(c3ccccc3n2-c2c3ccccc3c(-n3c4ccccc4c4ccccc43)c3ccc(-c4ccccc4)cc23)CC1. The smallest absolute Gasteiger partial charge is 0.0620 e. The molecule has 0 saturated heterocycles. The summed E-state index contributed by atoms with van der Waals surface area (Å²) in [4.78, 5) is 0. The van der Waals surface area contributed by atoms with Crippen molar-refractivity contribution in [3.63, 3.8) is 0 Å². The molecule has 9 aromatic rings. The number of para-hydroxylation sites is 3. The molecule has 10 rings (SSSR count). The van der Waals surface area contributed by atoms with Gasteiger partial charge in [-0.05, 0) is 59.9 Å². The van der Waals surface area contributed by atoms with Crippen molar-refractivity contribution in [3.05, 3.63) is 163 Å². The summed E-state index contributed by atoms with van der Waals surface area (Å²) >= 11 is 0. The van der Waals surface area contributed by atoms with E-state index < -0.39 is 0 Å². The molecule has 0 unspecified atom stereocenters. The van der Waals surface area contributed by atoms with E-state index in [4.69, 9.17) is 0 Å². The zero-order valence-corrected chi connectivity index (χ0v) is 25.3. The molecule has 0 saturated carbocycles. The van der Waals surface area contributed by atoms with Crippen LogP contribution in [0.5, 0.6) is 0 Å². The highest BCUT2D eigenvalue weighted by Crippen LogP contribution is 2.45. The van der Waals surface area contributed by atoms with Crippen LogP contribution >= 0.6 is 0 Å². The minimum absolute atomic E-state index is 1.06. The number of rotatable bonds is 3. The van der Waals surface area contributed by atoms with Crippen LogP contribution in [0.1, 0.15) is 17.7 Å². The molecule has 2 nitrogen and oxygen atoms in total. The van der Waals surface area contributed by atoms with E-state index in [0.29, 0.717) is 0 Å². The Morgan fingerprint density at radius 2 is 0.913 bits per heavy atom. The van der Waals surface area contributed by atoms with Gasteiger partial charge in [0.05, 0.1) is 27.9 Å². The van der Waals surface area contributed by atoms with Crippen LogP contribution in [-0.4, -0.2) is 9.13 Å². The topological polar surface area (TPSA) is 9.86 Å². The van der Waals surface area contributed by atoms with Crippen molar-refractivity contribution < 1.29 is 0 Å². The van der Waals surface area contributed by atoms with Gasteiger partial charge in [0.2, 0.25) is 0 Å². The summed E-state index contributed by atoms with van der Waals surface area (Å²) in [6, 6.07) is 53.5. The van der Waals surface area contributed by atoms with Gasteiger partial charge in [-0.2, -0.15) is 0 Å². The normalized spacial score (nSPS) is 13.0. The summed E-state index contributed by atoms with van der Waals surface area (Å²) in [5.74, 6) is 0. The van der Waals surface area contributed by atoms with Gasteiger partial charge < -0.3 is 9.13 Å². The van der Waals surface area contributed by atoms with Gasteiger partial charge in [-0.1, -0.05) is 127 Å². The predicted octanol–water partition coefficient (Wildman–Crippen LogP) is 11.7. The largest absolute Gasteiger partial charge is 0.308 e. The van der Waals surface area contributed by atoms with Crippen molar-refractivity contribution in [3.8, 4) is 22.5 Å². The van der Waals surface area contributed by atoms with Crippen molar-refractivity contribution in [2.24, 2.45) is 0 Å². The summed E-state index contributed by atoms with van der Waals surface area (Å²) in [7, 11) is 0. The molecule has 46 heavy (non-hydrogen) atoms. The quantitative estimate of drug-likeness (QED) is 0.182. The highest BCUT2D eigenvalue weighted by molar-refractivity contribution is 6.19. The summed E-state index contributed by atoms with van der Waals surface area (Å²) in [5.41, 5.74) is 11.4. The average molecular weight is 587 g/mol. The molecular formula is C44H30N2. The first kappa shape index (κ1) is 25.5. The monoisotopic (exact) mass is 586 g/mol. The third kappa shape index (κ3) is 3.53. The number of fused-ring (bicyclic) bond motifs is 8. The van der Waals surface area contributed by atoms with Gasteiger partial charge in [-0.15, -0.1) is 0 Å². The predicted molar refractivity (Wildman–Crippen MR) is 195 cm³/mol. The molecule has 0 fully saturated rings. The summed E-state index contributed by atoms with van der Waals surface area (Å²) in [6.45, 7) is 0. The molecule has 0 atom stereocenters. The molecule has 1 aliphatic rings. The molecule has 0 amide bonds. The lowest BCUT2D eigenvalue weighted by Crippen LogP contribution is -2.05. The first-order valence-electron chi connectivity index (χ1n) is 16.2. The maximum Gasteiger partial charge on any atom is 0.0620 e. The molecule has 2 aromatic heterocycles. The Morgan fingerprint density at radius 1 is 0.391 bits per heavy atom. The molecule has 0 N–H and O–H groups in total. The maximum atomic E-state index is 2.55. The van der Waals surface area contributed by atoms with Gasteiger partial charge in [-0.25, -0.2) is 0 Å². The van der Waals surface area contributed by atoms with Gasteiger partial charge in [-0.3, -0.25) is 0 Å². The Hall–Kier alpha value is -5.86. The van der Waals surface area contributed by atoms with Gasteiger partial charge >= 0.3 is 0 Å². The van der Waals surface area contributed by atoms with E-state index in [2.05, 4.69) is 167 Å².